The van der Waals surface area contributed by atoms with Crippen molar-refractivity contribution < 1.29 is 23.9 Å². The maximum atomic E-state index is 12.7. The van der Waals surface area contributed by atoms with Crippen molar-refractivity contribution >= 4 is 17.7 Å². The van der Waals surface area contributed by atoms with E-state index in [1.54, 1.807) is 17.0 Å². The Hall–Kier alpha value is -2.77. The van der Waals surface area contributed by atoms with Gasteiger partial charge in [0.15, 0.2) is 18.1 Å². The number of likely N-dealkylation sites (tertiary alicyclic amines) is 1. The Morgan fingerprint density at radius 2 is 1.90 bits per heavy atom. The SMILES string of the molecule is CCNC(=O)COc1ccc(CNC(=O)C2CCCN(C(=O)C(C)(C)C)C2)cc1OC. The zero-order chi connectivity index (χ0) is 23.0. The number of ether oxygens (including phenoxy) is 2. The Bertz CT molecular complexity index is 788. The molecule has 1 atom stereocenters. The standard InChI is InChI=1S/C23H35N3O5/c1-6-24-20(27)15-31-18-10-9-16(12-19(18)30-5)13-25-21(28)17-8-7-11-26(14-17)22(29)23(2,3)4/h9-10,12,17H,6-8,11,13-15H2,1-5H3,(H,24,27)(H,25,28). The van der Waals surface area contributed by atoms with Crippen LogP contribution in [0.5, 0.6) is 11.5 Å². The summed E-state index contributed by atoms with van der Waals surface area (Å²) in [5, 5.41) is 5.64. The first kappa shape index (κ1) is 24.5. The number of likely N-dealkylation sites (N-methyl/N-ethyl adjacent to an activating group) is 1. The molecule has 2 N–H and O–H groups in total. The minimum atomic E-state index is -0.448. The van der Waals surface area contributed by atoms with E-state index < -0.39 is 5.41 Å². The zero-order valence-electron chi connectivity index (χ0n) is 19.2. The average Bonchev–Trinajstić information content (AvgIpc) is 2.75. The van der Waals surface area contributed by atoms with Crippen LogP contribution in [0, 0.1) is 11.3 Å². The Balaban J connectivity index is 1.92. The first-order valence-corrected chi connectivity index (χ1v) is 10.8. The summed E-state index contributed by atoms with van der Waals surface area (Å²) in [5.74, 6) is 0.581. The second-order valence-corrected chi connectivity index (χ2v) is 8.79. The van der Waals surface area contributed by atoms with Crippen LogP contribution < -0.4 is 20.1 Å². The van der Waals surface area contributed by atoms with Crippen molar-refractivity contribution in [3.63, 3.8) is 0 Å². The molecule has 0 bridgehead atoms. The maximum absolute atomic E-state index is 12.7. The Morgan fingerprint density at radius 3 is 2.55 bits per heavy atom. The normalized spacial score (nSPS) is 16.4. The molecule has 1 aliphatic rings. The number of methoxy groups -OCH3 is 1. The van der Waals surface area contributed by atoms with Crippen LogP contribution in [0.15, 0.2) is 18.2 Å². The van der Waals surface area contributed by atoms with Crippen LogP contribution in [0.3, 0.4) is 0 Å². The molecule has 0 aromatic heterocycles. The van der Waals surface area contributed by atoms with Gasteiger partial charge in [-0.25, -0.2) is 0 Å². The number of carbonyl (C=O) groups is 3. The van der Waals surface area contributed by atoms with Crippen molar-refractivity contribution in [1.82, 2.24) is 15.5 Å². The summed E-state index contributed by atoms with van der Waals surface area (Å²) in [6, 6.07) is 5.33. The minimum absolute atomic E-state index is 0.0538. The van der Waals surface area contributed by atoms with E-state index in [0.29, 0.717) is 37.7 Å². The zero-order valence-corrected chi connectivity index (χ0v) is 19.2. The lowest BCUT2D eigenvalue weighted by Gasteiger charge is -2.35. The Labute approximate surface area is 184 Å². The summed E-state index contributed by atoms with van der Waals surface area (Å²) >= 11 is 0. The van der Waals surface area contributed by atoms with E-state index in [1.807, 2.05) is 33.8 Å². The first-order chi connectivity index (χ1) is 14.7. The van der Waals surface area contributed by atoms with Gasteiger partial charge in [-0.3, -0.25) is 14.4 Å². The third kappa shape index (κ3) is 7.15. The summed E-state index contributed by atoms with van der Waals surface area (Å²) in [6.45, 7) is 9.49. The van der Waals surface area contributed by atoms with Gasteiger partial charge >= 0.3 is 0 Å². The fourth-order valence-corrected chi connectivity index (χ4v) is 3.52. The summed E-state index contributed by atoms with van der Waals surface area (Å²) in [4.78, 5) is 38.6. The second kappa shape index (κ2) is 11.0. The number of rotatable bonds is 8. The molecule has 1 unspecified atom stereocenters. The Morgan fingerprint density at radius 1 is 1.16 bits per heavy atom. The molecule has 0 aliphatic carbocycles. The molecule has 2 rings (SSSR count). The van der Waals surface area contributed by atoms with Crippen molar-refractivity contribution in [3.8, 4) is 11.5 Å². The van der Waals surface area contributed by atoms with Crippen LogP contribution in [0.2, 0.25) is 0 Å². The van der Waals surface area contributed by atoms with E-state index in [9.17, 15) is 14.4 Å². The number of nitrogens with zero attached hydrogens (tertiary/aromatic N) is 1. The number of benzene rings is 1. The lowest BCUT2D eigenvalue weighted by molar-refractivity contribution is -0.142. The maximum Gasteiger partial charge on any atom is 0.257 e. The van der Waals surface area contributed by atoms with E-state index >= 15 is 0 Å². The molecule has 8 heteroatoms. The number of hydrogen-bond donors (Lipinski definition) is 2. The third-order valence-electron chi connectivity index (χ3n) is 5.15. The van der Waals surface area contributed by atoms with Crippen LogP contribution in [-0.4, -0.2) is 56.0 Å². The number of piperidine rings is 1. The number of nitrogens with one attached hydrogen (secondary N) is 2. The highest BCUT2D eigenvalue weighted by atomic mass is 16.5. The number of amides is 3. The van der Waals surface area contributed by atoms with E-state index in [1.165, 1.54) is 7.11 Å². The molecule has 0 radical (unpaired) electrons. The number of carbonyl (C=O) groups excluding carboxylic acids is 3. The molecular formula is C23H35N3O5. The summed E-state index contributed by atoms with van der Waals surface area (Å²) < 4.78 is 10.9. The topological polar surface area (TPSA) is 97.0 Å². The highest BCUT2D eigenvalue weighted by molar-refractivity contribution is 5.84. The molecule has 3 amide bonds. The third-order valence-corrected chi connectivity index (χ3v) is 5.15. The van der Waals surface area contributed by atoms with Gasteiger partial charge in [0, 0.05) is 31.6 Å². The molecule has 1 aromatic rings. The van der Waals surface area contributed by atoms with Gasteiger partial charge in [-0.2, -0.15) is 0 Å². The lowest BCUT2D eigenvalue weighted by Crippen LogP contribution is -2.48. The van der Waals surface area contributed by atoms with E-state index in [0.717, 1.165) is 18.4 Å². The smallest absolute Gasteiger partial charge is 0.257 e. The summed E-state index contributed by atoms with van der Waals surface area (Å²) in [7, 11) is 1.53. The van der Waals surface area contributed by atoms with E-state index in [-0.39, 0.29) is 30.2 Å². The molecule has 0 saturated carbocycles. The van der Waals surface area contributed by atoms with Crippen molar-refractivity contribution in [2.75, 3.05) is 33.4 Å². The predicted octanol–water partition coefficient (Wildman–Crippen LogP) is 2.11. The summed E-state index contributed by atoms with van der Waals surface area (Å²) in [5.41, 5.74) is 0.407. The lowest BCUT2D eigenvalue weighted by atomic mass is 9.91. The van der Waals surface area contributed by atoms with Gasteiger partial charge in [0.2, 0.25) is 11.8 Å². The van der Waals surface area contributed by atoms with Gasteiger partial charge in [-0.15, -0.1) is 0 Å². The largest absolute Gasteiger partial charge is 0.493 e. The van der Waals surface area contributed by atoms with Crippen LogP contribution >= 0.6 is 0 Å². The summed E-state index contributed by atoms with van der Waals surface area (Å²) in [6.07, 6.45) is 1.60. The molecule has 172 valence electrons. The van der Waals surface area contributed by atoms with Crippen molar-refractivity contribution in [2.45, 2.75) is 47.1 Å². The van der Waals surface area contributed by atoms with Crippen molar-refractivity contribution in [2.24, 2.45) is 11.3 Å². The monoisotopic (exact) mass is 433 g/mol. The van der Waals surface area contributed by atoms with Crippen LogP contribution in [0.25, 0.3) is 0 Å². The van der Waals surface area contributed by atoms with Gasteiger partial charge in [-0.05, 0) is 37.5 Å². The van der Waals surface area contributed by atoms with Crippen LogP contribution in [-0.2, 0) is 20.9 Å². The second-order valence-electron chi connectivity index (χ2n) is 8.79. The molecular weight excluding hydrogens is 398 g/mol. The molecule has 0 spiro atoms. The molecule has 1 aromatic carbocycles. The van der Waals surface area contributed by atoms with E-state index in [2.05, 4.69) is 10.6 Å². The highest BCUT2D eigenvalue weighted by Gasteiger charge is 2.33. The molecule has 1 saturated heterocycles. The van der Waals surface area contributed by atoms with Crippen LogP contribution in [0.4, 0.5) is 0 Å². The fraction of sp³-hybridized carbons (Fsp3) is 0.609. The quantitative estimate of drug-likeness (QED) is 0.655. The minimum Gasteiger partial charge on any atom is -0.493 e. The van der Waals surface area contributed by atoms with Gasteiger partial charge in [0.05, 0.1) is 13.0 Å². The molecule has 8 nitrogen and oxygen atoms in total. The molecule has 31 heavy (non-hydrogen) atoms. The molecule has 1 fully saturated rings. The van der Waals surface area contributed by atoms with Crippen molar-refractivity contribution in [1.29, 1.82) is 0 Å². The molecule has 1 heterocycles. The number of hydrogen-bond acceptors (Lipinski definition) is 5. The van der Waals surface area contributed by atoms with Gasteiger partial charge in [0.1, 0.15) is 0 Å². The highest BCUT2D eigenvalue weighted by Crippen LogP contribution is 2.28. The van der Waals surface area contributed by atoms with Crippen molar-refractivity contribution in [3.05, 3.63) is 23.8 Å². The fourth-order valence-electron chi connectivity index (χ4n) is 3.52. The van der Waals surface area contributed by atoms with Gasteiger partial charge in [0.25, 0.3) is 5.91 Å². The Kier molecular flexibility index (Phi) is 8.71. The molecule has 1 aliphatic heterocycles. The van der Waals surface area contributed by atoms with E-state index in [4.69, 9.17) is 9.47 Å². The predicted molar refractivity (Wildman–Crippen MR) is 118 cm³/mol. The van der Waals surface area contributed by atoms with Gasteiger partial charge < -0.3 is 25.0 Å². The average molecular weight is 434 g/mol. The van der Waals surface area contributed by atoms with Gasteiger partial charge in [-0.1, -0.05) is 26.8 Å². The van der Waals surface area contributed by atoms with Crippen LogP contribution in [0.1, 0.15) is 46.1 Å². The first-order valence-electron chi connectivity index (χ1n) is 10.8.